The Labute approximate surface area is 61.4 Å². The van der Waals surface area contributed by atoms with E-state index in [2.05, 4.69) is 4.98 Å². The molecule has 1 heterocycles. The number of aromatic nitrogens is 2. The van der Waals surface area contributed by atoms with E-state index < -0.39 is 6.30 Å². The lowest BCUT2D eigenvalue weighted by Crippen LogP contribution is -2.16. The van der Waals surface area contributed by atoms with Crippen molar-refractivity contribution in [1.29, 1.82) is 0 Å². The van der Waals surface area contributed by atoms with Crippen LogP contribution in [0.4, 0.5) is 13.2 Å². The molecule has 3 nitrogen and oxygen atoms in total. The standard InChI is InChI=1S/C5H5F3N2.H3N/c1-4-9-2-3-10(4)5(6,7)8;/h2-3H,1H3;1H3. The summed E-state index contributed by atoms with van der Waals surface area (Å²) in [5.74, 6) is -0.0486. The summed E-state index contributed by atoms with van der Waals surface area (Å²) in [6.07, 6.45) is -2.33. The van der Waals surface area contributed by atoms with Gasteiger partial charge in [-0.05, 0) is 6.92 Å². The summed E-state index contributed by atoms with van der Waals surface area (Å²) in [7, 11) is 0. The van der Waals surface area contributed by atoms with E-state index in [0.717, 1.165) is 12.4 Å². The highest BCUT2D eigenvalue weighted by Crippen LogP contribution is 2.22. The minimum absolute atomic E-state index is 0. The molecule has 64 valence electrons. The second-order valence-corrected chi connectivity index (χ2v) is 1.81. The highest BCUT2D eigenvalue weighted by molar-refractivity contribution is 4.89. The SMILES string of the molecule is Cc1nccn1C(F)(F)F.N. The van der Waals surface area contributed by atoms with Gasteiger partial charge in [-0.3, -0.25) is 0 Å². The molecule has 0 fully saturated rings. The van der Waals surface area contributed by atoms with Crippen molar-refractivity contribution < 1.29 is 13.2 Å². The van der Waals surface area contributed by atoms with E-state index in [1.807, 2.05) is 0 Å². The molecule has 0 saturated carbocycles. The van der Waals surface area contributed by atoms with E-state index in [0.29, 0.717) is 0 Å². The second-order valence-electron chi connectivity index (χ2n) is 1.81. The predicted octanol–water partition coefficient (Wildman–Crippen LogP) is 1.83. The highest BCUT2D eigenvalue weighted by Gasteiger charge is 2.31. The van der Waals surface area contributed by atoms with Crippen LogP contribution in [0.3, 0.4) is 0 Å². The van der Waals surface area contributed by atoms with Gasteiger partial charge in [0.05, 0.1) is 0 Å². The summed E-state index contributed by atoms with van der Waals surface area (Å²) in [6.45, 7) is 1.30. The first-order valence-electron chi connectivity index (χ1n) is 2.59. The van der Waals surface area contributed by atoms with Crippen molar-refractivity contribution in [2.24, 2.45) is 0 Å². The van der Waals surface area contributed by atoms with Gasteiger partial charge in [0.25, 0.3) is 0 Å². The minimum Gasteiger partial charge on any atom is -0.344 e. The molecule has 1 rings (SSSR count). The van der Waals surface area contributed by atoms with Crippen molar-refractivity contribution in [3.05, 3.63) is 18.2 Å². The van der Waals surface area contributed by atoms with Crippen LogP contribution in [-0.4, -0.2) is 9.55 Å². The normalized spacial score (nSPS) is 10.9. The van der Waals surface area contributed by atoms with Gasteiger partial charge in [-0.2, -0.15) is 0 Å². The van der Waals surface area contributed by atoms with Crippen molar-refractivity contribution in [3.63, 3.8) is 0 Å². The van der Waals surface area contributed by atoms with Crippen LogP contribution >= 0.6 is 0 Å². The van der Waals surface area contributed by atoms with Gasteiger partial charge in [0.1, 0.15) is 5.82 Å². The largest absolute Gasteiger partial charge is 0.489 e. The van der Waals surface area contributed by atoms with Gasteiger partial charge in [-0.1, -0.05) is 0 Å². The molecule has 1 aromatic rings. The Kier molecular flexibility index (Phi) is 2.64. The summed E-state index contributed by atoms with van der Waals surface area (Å²) in [6, 6.07) is 0. The predicted molar refractivity (Wildman–Crippen MR) is 33.3 cm³/mol. The molecule has 0 atom stereocenters. The number of halogens is 3. The molecule has 0 aliphatic rings. The average molecular weight is 167 g/mol. The van der Waals surface area contributed by atoms with Crippen LogP contribution in [0.15, 0.2) is 12.4 Å². The zero-order chi connectivity index (χ0) is 7.78. The molecule has 3 N–H and O–H groups in total. The lowest BCUT2D eigenvalue weighted by atomic mass is 10.7. The molecule has 0 unspecified atom stereocenters. The molecular formula is C5H8F3N3. The molecular weight excluding hydrogens is 159 g/mol. The van der Waals surface area contributed by atoms with Gasteiger partial charge in [0.2, 0.25) is 0 Å². The number of nitrogens with zero attached hydrogens (tertiary/aromatic N) is 2. The maximum atomic E-state index is 11.8. The first-order chi connectivity index (χ1) is 4.52. The van der Waals surface area contributed by atoms with Gasteiger partial charge in [0.15, 0.2) is 0 Å². The third-order valence-electron chi connectivity index (χ3n) is 1.10. The molecule has 0 aromatic carbocycles. The molecule has 0 aliphatic heterocycles. The van der Waals surface area contributed by atoms with E-state index in [-0.39, 0.29) is 16.5 Å². The van der Waals surface area contributed by atoms with E-state index in [4.69, 9.17) is 0 Å². The first kappa shape index (κ1) is 9.96. The zero-order valence-corrected chi connectivity index (χ0v) is 5.89. The van der Waals surface area contributed by atoms with Gasteiger partial charge in [-0.15, -0.1) is 13.2 Å². The molecule has 6 heteroatoms. The van der Waals surface area contributed by atoms with Gasteiger partial charge >= 0.3 is 6.30 Å². The van der Waals surface area contributed by atoms with Gasteiger partial charge in [-0.25, -0.2) is 9.55 Å². The molecule has 0 saturated heterocycles. The van der Waals surface area contributed by atoms with Crippen molar-refractivity contribution in [2.45, 2.75) is 13.2 Å². The molecule has 0 bridgehead atoms. The van der Waals surface area contributed by atoms with Crippen LogP contribution in [0.2, 0.25) is 0 Å². The average Bonchev–Trinajstić information content (AvgIpc) is 2.11. The lowest BCUT2D eigenvalue weighted by Gasteiger charge is -2.07. The number of imidazole rings is 1. The molecule has 11 heavy (non-hydrogen) atoms. The summed E-state index contributed by atoms with van der Waals surface area (Å²) < 4.78 is 35.6. The number of rotatable bonds is 0. The van der Waals surface area contributed by atoms with E-state index in [1.165, 1.54) is 6.92 Å². The maximum absolute atomic E-state index is 11.8. The lowest BCUT2D eigenvalue weighted by molar-refractivity contribution is -0.205. The molecule has 0 amide bonds. The van der Waals surface area contributed by atoms with E-state index in [9.17, 15) is 13.2 Å². The molecule has 1 aromatic heterocycles. The minimum atomic E-state index is -4.33. The van der Waals surface area contributed by atoms with E-state index >= 15 is 0 Å². The summed E-state index contributed by atoms with van der Waals surface area (Å²) >= 11 is 0. The zero-order valence-electron chi connectivity index (χ0n) is 5.89. The Morgan fingerprint density at radius 2 is 2.00 bits per heavy atom. The summed E-state index contributed by atoms with van der Waals surface area (Å²) in [4.78, 5) is 3.43. The van der Waals surface area contributed by atoms with Crippen molar-refractivity contribution in [2.75, 3.05) is 0 Å². The number of hydrogen-bond donors (Lipinski definition) is 1. The van der Waals surface area contributed by atoms with Crippen molar-refractivity contribution in [1.82, 2.24) is 15.7 Å². The van der Waals surface area contributed by atoms with E-state index in [1.54, 1.807) is 0 Å². The Balaban J connectivity index is 0.000001000. The van der Waals surface area contributed by atoms with Gasteiger partial charge < -0.3 is 6.15 Å². The smallest absolute Gasteiger partial charge is 0.344 e. The Hall–Kier alpha value is -1.04. The van der Waals surface area contributed by atoms with Crippen molar-refractivity contribution >= 4 is 0 Å². The quantitative estimate of drug-likeness (QED) is 0.640. The number of hydrogen-bond acceptors (Lipinski definition) is 2. The maximum Gasteiger partial charge on any atom is 0.489 e. The third kappa shape index (κ3) is 1.94. The fourth-order valence-corrected chi connectivity index (χ4v) is 0.646. The van der Waals surface area contributed by atoms with Crippen LogP contribution in [0, 0.1) is 6.92 Å². The van der Waals surface area contributed by atoms with Crippen LogP contribution < -0.4 is 6.15 Å². The van der Waals surface area contributed by atoms with Crippen LogP contribution in [0.5, 0.6) is 0 Å². The fourth-order valence-electron chi connectivity index (χ4n) is 0.646. The molecule has 0 spiro atoms. The Morgan fingerprint density at radius 3 is 2.18 bits per heavy atom. The topological polar surface area (TPSA) is 52.8 Å². The number of aryl methyl sites for hydroxylation is 1. The van der Waals surface area contributed by atoms with Gasteiger partial charge in [0, 0.05) is 12.4 Å². The Bertz CT molecular complexity index is 227. The monoisotopic (exact) mass is 167 g/mol. The second kappa shape index (κ2) is 2.91. The first-order valence-corrected chi connectivity index (χ1v) is 2.59. The fraction of sp³-hybridized carbons (Fsp3) is 0.400. The van der Waals surface area contributed by atoms with Crippen molar-refractivity contribution in [3.8, 4) is 0 Å². The summed E-state index contributed by atoms with van der Waals surface area (Å²) in [5, 5.41) is 0. The number of alkyl halides is 3. The summed E-state index contributed by atoms with van der Waals surface area (Å²) in [5.41, 5.74) is 0. The van der Waals surface area contributed by atoms with Crippen LogP contribution in [0.25, 0.3) is 0 Å². The molecule has 0 radical (unpaired) electrons. The Morgan fingerprint density at radius 1 is 1.45 bits per heavy atom. The highest BCUT2D eigenvalue weighted by atomic mass is 19.4. The molecule has 0 aliphatic carbocycles. The third-order valence-corrected chi connectivity index (χ3v) is 1.10. The van der Waals surface area contributed by atoms with Crippen LogP contribution in [-0.2, 0) is 6.30 Å². The van der Waals surface area contributed by atoms with Crippen LogP contribution in [0.1, 0.15) is 5.82 Å².